The predicted octanol–water partition coefficient (Wildman–Crippen LogP) is 3.31. The Labute approximate surface area is 143 Å². The van der Waals surface area contributed by atoms with Crippen molar-refractivity contribution in [2.45, 2.75) is 26.2 Å². The van der Waals surface area contributed by atoms with Crippen LogP contribution in [0.25, 0.3) is 11.4 Å². The fourth-order valence-electron chi connectivity index (χ4n) is 3.09. The number of hydrogen-bond donors (Lipinski definition) is 2. The zero-order valence-electron chi connectivity index (χ0n) is 13.2. The van der Waals surface area contributed by atoms with Gasteiger partial charge in [0.1, 0.15) is 0 Å². The number of thiophene rings is 1. The third-order valence-electron chi connectivity index (χ3n) is 4.37. The van der Waals surface area contributed by atoms with Gasteiger partial charge in [0.15, 0.2) is 0 Å². The van der Waals surface area contributed by atoms with Crippen LogP contribution in [0.15, 0.2) is 29.6 Å². The highest BCUT2D eigenvalue weighted by atomic mass is 32.1. The van der Waals surface area contributed by atoms with Gasteiger partial charge >= 0.3 is 0 Å². The van der Waals surface area contributed by atoms with Gasteiger partial charge in [-0.05, 0) is 48.1 Å². The molecule has 7 heteroatoms. The van der Waals surface area contributed by atoms with Gasteiger partial charge in [-0.15, -0.1) is 21.5 Å². The van der Waals surface area contributed by atoms with Crippen LogP contribution >= 0.6 is 11.3 Å². The van der Waals surface area contributed by atoms with E-state index in [1.165, 1.54) is 10.4 Å². The van der Waals surface area contributed by atoms with Gasteiger partial charge in [0, 0.05) is 21.5 Å². The van der Waals surface area contributed by atoms with Crippen molar-refractivity contribution >= 4 is 22.9 Å². The number of tetrazole rings is 1. The van der Waals surface area contributed by atoms with Gasteiger partial charge in [-0.25, -0.2) is 0 Å². The third-order valence-corrected chi connectivity index (χ3v) is 5.42. The van der Waals surface area contributed by atoms with Crippen LogP contribution in [0.3, 0.4) is 0 Å². The fraction of sp³-hybridized carbons (Fsp3) is 0.294. The van der Waals surface area contributed by atoms with Gasteiger partial charge in [-0.1, -0.05) is 19.1 Å². The van der Waals surface area contributed by atoms with Crippen molar-refractivity contribution in [3.8, 4) is 11.4 Å². The van der Waals surface area contributed by atoms with Crippen LogP contribution in [-0.4, -0.2) is 26.5 Å². The maximum absolute atomic E-state index is 12.7. The van der Waals surface area contributed by atoms with Crippen LogP contribution in [0.5, 0.6) is 0 Å². The molecule has 4 rings (SSSR count). The number of aromatic nitrogens is 4. The first-order valence-corrected chi connectivity index (χ1v) is 8.83. The lowest BCUT2D eigenvalue weighted by Crippen LogP contribution is -2.16. The summed E-state index contributed by atoms with van der Waals surface area (Å²) in [5.41, 5.74) is 3.57. The molecular formula is C17H17N5OS. The monoisotopic (exact) mass is 339 g/mol. The van der Waals surface area contributed by atoms with Crippen LogP contribution in [0, 0.1) is 5.92 Å². The average molecular weight is 339 g/mol. The molecule has 1 amide bonds. The van der Waals surface area contributed by atoms with E-state index in [0.717, 1.165) is 36.1 Å². The molecule has 0 spiro atoms. The standard InChI is InChI=1S/C17H17N5OS/c1-10-5-6-13-14(9-24-15(13)7-10)17(23)18-12-4-2-3-11(8-12)16-19-21-22-20-16/h2-4,8-10H,5-7H2,1H3,(H,18,23)(H,19,20,21,22)/t10-/m1/s1. The molecule has 2 heterocycles. The topological polar surface area (TPSA) is 83.6 Å². The molecule has 2 N–H and O–H groups in total. The van der Waals surface area contributed by atoms with Crippen molar-refractivity contribution in [3.05, 3.63) is 45.6 Å². The Bertz CT molecular complexity index is 871. The summed E-state index contributed by atoms with van der Waals surface area (Å²) < 4.78 is 0. The van der Waals surface area contributed by atoms with E-state index in [1.54, 1.807) is 11.3 Å². The van der Waals surface area contributed by atoms with Gasteiger partial charge < -0.3 is 5.32 Å². The van der Waals surface area contributed by atoms with E-state index in [1.807, 2.05) is 29.6 Å². The average Bonchev–Trinajstić information content (AvgIpc) is 3.24. The maximum atomic E-state index is 12.7. The summed E-state index contributed by atoms with van der Waals surface area (Å²) in [7, 11) is 0. The molecule has 0 fully saturated rings. The summed E-state index contributed by atoms with van der Waals surface area (Å²) in [6.07, 6.45) is 3.23. The number of carbonyl (C=O) groups excluding carboxylic acids is 1. The number of aromatic amines is 1. The largest absolute Gasteiger partial charge is 0.322 e. The Morgan fingerprint density at radius 1 is 1.42 bits per heavy atom. The van der Waals surface area contributed by atoms with Gasteiger partial charge in [0.2, 0.25) is 5.82 Å². The number of benzene rings is 1. The molecule has 0 aliphatic heterocycles. The van der Waals surface area contributed by atoms with Gasteiger partial charge in [0.25, 0.3) is 5.91 Å². The van der Waals surface area contributed by atoms with E-state index < -0.39 is 0 Å². The van der Waals surface area contributed by atoms with E-state index in [2.05, 4.69) is 32.9 Å². The van der Waals surface area contributed by atoms with Crippen molar-refractivity contribution in [2.75, 3.05) is 5.32 Å². The summed E-state index contributed by atoms with van der Waals surface area (Å²) >= 11 is 1.70. The zero-order chi connectivity index (χ0) is 16.5. The molecule has 0 unspecified atom stereocenters. The number of nitrogens with zero attached hydrogens (tertiary/aromatic N) is 3. The van der Waals surface area contributed by atoms with Crippen LogP contribution in [0.1, 0.15) is 34.1 Å². The second-order valence-corrected chi connectivity index (χ2v) is 7.13. The minimum absolute atomic E-state index is 0.0488. The van der Waals surface area contributed by atoms with E-state index in [-0.39, 0.29) is 5.91 Å². The van der Waals surface area contributed by atoms with Gasteiger partial charge in [0.05, 0.1) is 5.56 Å². The third kappa shape index (κ3) is 2.82. The number of amides is 1. The van der Waals surface area contributed by atoms with E-state index in [0.29, 0.717) is 11.7 Å². The Balaban J connectivity index is 1.56. The number of fused-ring (bicyclic) bond motifs is 1. The minimum atomic E-state index is -0.0488. The van der Waals surface area contributed by atoms with Crippen LogP contribution in [-0.2, 0) is 12.8 Å². The van der Waals surface area contributed by atoms with Crippen molar-refractivity contribution in [2.24, 2.45) is 5.92 Å². The summed E-state index contributed by atoms with van der Waals surface area (Å²) in [5, 5.41) is 18.9. The van der Waals surface area contributed by atoms with Crippen molar-refractivity contribution in [1.29, 1.82) is 0 Å². The summed E-state index contributed by atoms with van der Waals surface area (Å²) in [6, 6.07) is 7.46. The molecule has 0 radical (unpaired) electrons. The normalized spacial score (nSPS) is 16.6. The number of rotatable bonds is 3. The lowest BCUT2D eigenvalue weighted by Gasteiger charge is -2.18. The molecule has 0 bridgehead atoms. The smallest absolute Gasteiger partial charge is 0.256 e. The quantitative estimate of drug-likeness (QED) is 0.767. The molecule has 3 aromatic rings. The Hall–Kier alpha value is -2.54. The molecule has 24 heavy (non-hydrogen) atoms. The van der Waals surface area contributed by atoms with Gasteiger partial charge in [-0.3, -0.25) is 4.79 Å². The molecule has 1 aliphatic carbocycles. The molecule has 1 aliphatic rings. The van der Waals surface area contributed by atoms with Gasteiger partial charge in [-0.2, -0.15) is 5.21 Å². The first kappa shape index (κ1) is 15.0. The van der Waals surface area contributed by atoms with Crippen molar-refractivity contribution in [3.63, 3.8) is 0 Å². The first-order valence-electron chi connectivity index (χ1n) is 7.95. The Morgan fingerprint density at radius 3 is 3.17 bits per heavy atom. The second kappa shape index (κ2) is 6.16. The van der Waals surface area contributed by atoms with Crippen LogP contribution in [0.4, 0.5) is 5.69 Å². The minimum Gasteiger partial charge on any atom is -0.322 e. The molecule has 0 saturated heterocycles. The van der Waals surface area contributed by atoms with E-state index in [4.69, 9.17) is 0 Å². The number of anilines is 1. The lowest BCUT2D eigenvalue weighted by molar-refractivity contribution is 0.102. The zero-order valence-corrected chi connectivity index (χ0v) is 14.1. The highest BCUT2D eigenvalue weighted by Gasteiger charge is 2.23. The molecule has 6 nitrogen and oxygen atoms in total. The SMILES string of the molecule is C[C@@H]1CCc2c(C(=O)Nc3cccc(-c4nn[nH]n4)c3)csc2C1. The Kier molecular flexibility index (Phi) is 3.86. The number of H-pyrrole nitrogens is 1. The molecule has 1 aromatic carbocycles. The molecule has 122 valence electrons. The van der Waals surface area contributed by atoms with E-state index >= 15 is 0 Å². The summed E-state index contributed by atoms with van der Waals surface area (Å²) in [6.45, 7) is 2.27. The highest BCUT2D eigenvalue weighted by Crippen LogP contribution is 2.33. The molecule has 0 saturated carbocycles. The van der Waals surface area contributed by atoms with E-state index in [9.17, 15) is 4.79 Å². The maximum Gasteiger partial charge on any atom is 0.256 e. The van der Waals surface area contributed by atoms with Crippen LogP contribution < -0.4 is 5.32 Å². The second-order valence-electron chi connectivity index (χ2n) is 6.17. The molecule has 2 aromatic heterocycles. The Morgan fingerprint density at radius 2 is 2.33 bits per heavy atom. The number of hydrogen-bond acceptors (Lipinski definition) is 5. The highest BCUT2D eigenvalue weighted by molar-refractivity contribution is 7.10. The number of carbonyl (C=O) groups is 1. The van der Waals surface area contributed by atoms with Crippen LogP contribution in [0.2, 0.25) is 0 Å². The number of nitrogens with one attached hydrogen (secondary N) is 2. The lowest BCUT2D eigenvalue weighted by atomic mass is 9.88. The first-order chi connectivity index (χ1) is 11.7. The molecule has 1 atom stereocenters. The van der Waals surface area contributed by atoms with Crippen molar-refractivity contribution < 1.29 is 4.79 Å². The predicted molar refractivity (Wildman–Crippen MR) is 93.1 cm³/mol. The summed E-state index contributed by atoms with van der Waals surface area (Å²) in [5.74, 6) is 1.17. The van der Waals surface area contributed by atoms with Crippen molar-refractivity contribution in [1.82, 2.24) is 20.6 Å². The fourth-order valence-corrected chi connectivity index (χ4v) is 4.33. The molecular weight excluding hydrogens is 322 g/mol. The summed E-state index contributed by atoms with van der Waals surface area (Å²) in [4.78, 5) is 14.0.